The van der Waals surface area contributed by atoms with Gasteiger partial charge in [-0.3, -0.25) is 9.59 Å². The van der Waals surface area contributed by atoms with Gasteiger partial charge in [0.1, 0.15) is 5.75 Å². The van der Waals surface area contributed by atoms with Crippen LogP contribution in [0.5, 0.6) is 5.75 Å². The molecule has 2 aromatic rings. The van der Waals surface area contributed by atoms with Gasteiger partial charge in [0.05, 0.1) is 6.54 Å². The minimum absolute atomic E-state index is 0.0949. The van der Waals surface area contributed by atoms with E-state index in [-0.39, 0.29) is 25.0 Å². The van der Waals surface area contributed by atoms with Crippen LogP contribution in [0, 0.1) is 27.7 Å². The summed E-state index contributed by atoms with van der Waals surface area (Å²) in [6.45, 7) is 7.59. The second-order valence-electron chi connectivity index (χ2n) is 6.13. The van der Waals surface area contributed by atoms with E-state index in [1.54, 1.807) is 0 Å². The quantitative estimate of drug-likeness (QED) is 0.849. The molecule has 0 saturated carbocycles. The van der Waals surface area contributed by atoms with E-state index >= 15 is 0 Å². The van der Waals surface area contributed by atoms with Gasteiger partial charge in [-0.25, -0.2) is 0 Å². The van der Waals surface area contributed by atoms with Crippen molar-refractivity contribution in [2.45, 2.75) is 27.7 Å². The normalized spacial score (nSPS) is 10.2. The number of hydrogen-bond donors (Lipinski definition) is 2. The molecule has 0 fully saturated rings. The van der Waals surface area contributed by atoms with E-state index in [1.165, 1.54) is 0 Å². The molecule has 0 saturated heterocycles. The number of ether oxygens (including phenoxy) is 1. The largest absolute Gasteiger partial charge is 0.483 e. The van der Waals surface area contributed by atoms with Crippen LogP contribution in [0.2, 0.25) is 0 Å². The highest BCUT2D eigenvalue weighted by Gasteiger charge is 2.09. The third-order valence-electron chi connectivity index (χ3n) is 4.03. The van der Waals surface area contributed by atoms with Gasteiger partial charge in [0.2, 0.25) is 5.91 Å². The van der Waals surface area contributed by atoms with Crippen molar-refractivity contribution in [3.63, 3.8) is 0 Å². The molecule has 0 aliphatic rings. The Morgan fingerprint density at radius 1 is 0.960 bits per heavy atom. The number of nitrogens with one attached hydrogen (secondary N) is 2. The summed E-state index contributed by atoms with van der Waals surface area (Å²) in [6.07, 6.45) is 0. The summed E-state index contributed by atoms with van der Waals surface area (Å²) in [5.41, 5.74) is 4.90. The molecule has 2 amide bonds. The Bertz CT molecular complexity index is 785. The summed E-state index contributed by atoms with van der Waals surface area (Å²) in [6, 6.07) is 11.5. The van der Waals surface area contributed by atoms with Gasteiger partial charge in [0.15, 0.2) is 6.61 Å². The predicted molar refractivity (Wildman–Crippen MR) is 99.0 cm³/mol. The number of amides is 2. The van der Waals surface area contributed by atoms with E-state index in [0.29, 0.717) is 5.75 Å². The van der Waals surface area contributed by atoms with E-state index in [1.807, 2.05) is 64.1 Å². The fraction of sp³-hybridized carbons (Fsp3) is 0.300. The van der Waals surface area contributed by atoms with Crippen molar-refractivity contribution < 1.29 is 14.3 Å². The molecule has 25 heavy (non-hydrogen) atoms. The van der Waals surface area contributed by atoms with Crippen molar-refractivity contribution in [2.24, 2.45) is 0 Å². The fourth-order valence-electron chi connectivity index (χ4n) is 2.32. The van der Waals surface area contributed by atoms with Gasteiger partial charge in [-0.2, -0.15) is 0 Å². The number of hydrogen-bond acceptors (Lipinski definition) is 3. The standard InChI is InChI=1S/C20H24N2O3/c1-13-8-9-15(3)18(10-13)25-12-20(24)21-11-19(23)22-17-7-5-6-14(2)16(17)4/h5-10H,11-12H2,1-4H3,(H,21,24)(H,22,23). The smallest absolute Gasteiger partial charge is 0.258 e. The lowest BCUT2D eigenvalue weighted by molar-refractivity contribution is -0.125. The Hall–Kier alpha value is -2.82. The van der Waals surface area contributed by atoms with Gasteiger partial charge in [-0.15, -0.1) is 0 Å². The van der Waals surface area contributed by atoms with Crippen LogP contribution in [0.3, 0.4) is 0 Å². The Morgan fingerprint density at radius 3 is 2.48 bits per heavy atom. The summed E-state index contributed by atoms with van der Waals surface area (Å²) in [7, 11) is 0. The molecule has 5 heteroatoms. The molecule has 0 atom stereocenters. The summed E-state index contributed by atoms with van der Waals surface area (Å²) in [5, 5.41) is 5.37. The van der Waals surface area contributed by atoms with E-state index in [4.69, 9.17) is 4.74 Å². The Morgan fingerprint density at radius 2 is 1.72 bits per heavy atom. The third kappa shape index (κ3) is 5.35. The maximum atomic E-state index is 12.0. The van der Waals surface area contributed by atoms with Crippen LogP contribution < -0.4 is 15.4 Å². The summed E-state index contributed by atoms with van der Waals surface area (Å²) >= 11 is 0. The maximum absolute atomic E-state index is 12.0. The lowest BCUT2D eigenvalue weighted by atomic mass is 10.1. The SMILES string of the molecule is Cc1ccc(C)c(OCC(=O)NCC(=O)Nc2cccc(C)c2C)c1. The van der Waals surface area contributed by atoms with Gasteiger partial charge in [-0.05, 0) is 62.1 Å². The highest BCUT2D eigenvalue weighted by atomic mass is 16.5. The molecule has 2 rings (SSSR count). The van der Waals surface area contributed by atoms with Gasteiger partial charge >= 0.3 is 0 Å². The zero-order valence-electron chi connectivity index (χ0n) is 15.1. The van der Waals surface area contributed by atoms with Crippen LogP contribution in [0.4, 0.5) is 5.69 Å². The molecule has 2 N–H and O–H groups in total. The summed E-state index contributed by atoms with van der Waals surface area (Å²) in [4.78, 5) is 23.9. The molecular formula is C20H24N2O3. The topological polar surface area (TPSA) is 67.4 Å². The van der Waals surface area contributed by atoms with Crippen molar-refractivity contribution in [3.05, 3.63) is 58.7 Å². The first-order valence-electron chi connectivity index (χ1n) is 8.19. The molecule has 132 valence electrons. The molecule has 5 nitrogen and oxygen atoms in total. The minimum atomic E-state index is -0.336. The van der Waals surface area contributed by atoms with Gasteiger partial charge in [0.25, 0.3) is 5.91 Å². The highest BCUT2D eigenvalue weighted by molar-refractivity contribution is 5.95. The number of carbonyl (C=O) groups excluding carboxylic acids is 2. The van der Waals surface area contributed by atoms with Crippen LogP contribution in [0.1, 0.15) is 22.3 Å². The first kappa shape index (κ1) is 18.5. The highest BCUT2D eigenvalue weighted by Crippen LogP contribution is 2.19. The molecule has 0 aliphatic carbocycles. The van der Waals surface area contributed by atoms with E-state index in [9.17, 15) is 9.59 Å². The number of carbonyl (C=O) groups is 2. The monoisotopic (exact) mass is 340 g/mol. The molecular weight excluding hydrogens is 316 g/mol. The number of benzene rings is 2. The van der Waals surface area contributed by atoms with Crippen LogP contribution in [-0.4, -0.2) is 25.0 Å². The van der Waals surface area contributed by atoms with Crippen molar-refractivity contribution in [2.75, 3.05) is 18.5 Å². The van der Waals surface area contributed by atoms with Crippen molar-refractivity contribution in [3.8, 4) is 5.75 Å². The third-order valence-corrected chi connectivity index (χ3v) is 4.03. The lowest BCUT2D eigenvalue weighted by Crippen LogP contribution is -2.36. The minimum Gasteiger partial charge on any atom is -0.483 e. The van der Waals surface area contributed by atoms with Crippen LogP contribution in [0.25, 0.3) is 0 Å². The van der Waals surface area contributed by atoms with E-state index < -0.39 is 0 Å². The summed E-state index contributed by atoms with van der Waals surface area (Å²) in [5.74, 6) is 0.0702. The number of rotatable bonds is 6. The average molecular weight is 340 g/mol. The molecule has 0 aromatic heterocycles. The zero-order chi connectivity index (χ0) is 18.4. The average Bonchev–Trinajstić information content (AvgIpc) is 2.58. The summed E-state index contributed by atoms with van der Waals surface area (Å²) < 4.78 is 5.52. The molecule has 0 radical (unpaired) electrons. The van der Waals surface area contributed by atoms with Crippen molar-refractivity contribution in [1.29, 1.82) is 0 Å². The fourth-order valence-corrected chi connectivity index (χ4v) is 2.32. The number of aryl methyl sites for hydroxylation is 3. The lowest BCUT2D eigenvalue weighted by Gasteiger charge is -2.12. The van der Waals surface area contributed by atoms with Crippen LogP contribution in [-0.2, 0) is 9.59 Å². The van der Waals surface area contributed by atoms with Crippen LogP contribution in [0.15, 0.2) is 36.4 Å². The van der Waals surface area contributed by atoms with Gasteiger partial charge < -0.3 is 15.4 Å². The second kappa shape index (κ2) is 8.33. The Balaban J connectivity index is 1.80. The number of anilines is 1. The predicted octanol–water partition coefficient (Wildman–Crippen LogP) is 3.05. The van der Waals surface area contributed by atoms with Gasteiger partial charge in [-0.1, -0.05) is 24.3 Å². The molecule has 0 bridgehead atoms. The first-order chi connectivity index (χ1) is 11.9. The molecule has 0 aliphatic heterocycles. The van der Waals surface area contributed by atoms with E-state index in [2.05, 4.69) is 10.6 Å². The second-order valence-corrected chi connectivity index (χ2v) is 6.13. The first-order valence-corrected chi connectivity index (χ1v) is 8.19. The van der Waals surface area contributed by atoms with Crippen molar-refractivity contribution >= 4 is 17.5 Å². The van der Waals surface area contributed by atoms with E-state index in [0.717, 1.165) is 27.9 Å². The Labute approximate surface area is 148 Å². The zero-order valence-corrected chi connectivity index (χ0v) is 15.1. The van der Waals surface area contributed by atoms with Gasteiger partial charge in [0, 0.05) is 5.69 Å². The van der Waals surface area contributed by atoms with Crippen molar-refractivity contribution in [1.82, 2.24) is 5.32 Å². The maximum Gasteiger partial charge on any atom is 0.258 e. The molecule has 0 heterocycles. The van der Waals surface area contributed by atoms with Crippen LogP contribution >= 0.6 is 0 Å². The molecule has 0 unspecified atom stereocenters. The molecule has 0 spiro atoms. The Kier molecular flexibility index (Phi) is 6.17. The molecule has 2 aromatic carbocycles.